The van der Waals surface area contributed by atoms with Gasteiger partial charge in [0.1, 0.15) is 17.4 Å². The van der Waals surface area contributed by atoms with E-state index in [0.29, 0.717) is 29.9 Å². The summed E-state index contributed by atoms with van der Waals surface area (Å²) >= 11 is 3.63. The molecule has 5 aromatic carbocycles. The van der Waals surface area contributed by atoms with Gasteiger partial charge >= 0.3 is 0 Å². The number of nitrogens with zero attached hydrogens (tertiary/aromatic N) is 1. The van der Waals surface area contributed by atoms with Crippen LogP contribution in [0.5, 0.6) is 5.75 Å². The third-order valence-electron chi connectivity index (χ3n) is 8.26. The van der Waals surface area contributed by atoms with Crippen molar-refractivity contribution in [3.63, 3.8) is 0 Å². The van der Waals surface area contributed by atoms with Gasteiger partial charge in [0.2, 0.25) is 5.90 Å². The number of amides is 1. The van der Waals surface area contributed by atoms with Gasteiger partial charge in [-0.2, -0.15) is 0 Å². The molecule has 6 nitrogen and oxygen atoms in total. The van der Waals surface area contributed by atoms with Crippen LogP contribution >= 0.6 is 15.9 Å². The van der Waals surface area contributed by atoms with Crippen LogP contribution < -0.4 is 10.1 Å². The fraction of sp³-hybridized carbons (Fsp3) is 0.179. The minimum atomic E-state index is -1.56. The van der Waals surface area contributed by atoms with Crippen molar-refractivity contribution in [1.29, 1.82) is 0 Å². The Bertz CT molecular complexity index is 1880. The van der Waals surface area contributed by atoms with Crippen molar-refractivity contribution in [2.24, 2.45) is 4.99 Å². The number of hydrogen-bond donors (Lipinski definition) is 2. The van der Waals surface area contributed by atoms with Gasteiger partial charge in [-0.25, -0.2) is 13.8 Å². The summed E-state index contributed by atoms with van der Waals surface area (Å²) in [5.41, 5.74) is 2.35. The Balaban J connectivity index is 1.42. The molecule has 1 amide bonds. The maximum atomic E-state index is 14.6. The number of aliphatic imine (C=N–C) groups is 1. The van der Waals surface area contributed by atoms with Crippen molar-refractivity contribution in [2.75, 3.05) is 13.2 Å². The van der Waals surface area contributed by atoms with Crippen molar-refractivity contribution < 1.29 is 28.2 Å². The van der Waals surface area contributed by atoms with Crippen molar-refractivity contribution in [2.45, 2.75) is 31.0 Å². The summed E-state index contributed by atoms with van der Waals surface area (Å²) in [5, 5.41) is 11.9. The second-order valence-corrected chi connectivity index (χ2v) is 12.3. The average molecular weight is 712 g/mol. The fourth-order valence-corrected chi connectivity index (χ4v) is 6.14. The van der Waals surface area contributed by atoms with Gasteiger partial charge in [-0.3, -0.25) is 4.79 Å². The van der Waals surface area contributed by atoms with Crippen LogP contribution in [0.3, 0.4) is 0 Å². The highest BCUT2D eigenvalue weighted by atomic mass is 79.9. The normalized spacial score (nSPS) is 17.0. The number of ether oxygens (including phenoxy) is 2. The van der Waals surface area contributed by atoms with Crippen molar-refractivity contribution >= 4 is 27.7 Å². The van der Waals surface area contributed by atoms with Crippen LogP contribution in [-0.2, 0) is 22.5 Å². The number of carbonyl (C=O) groups excluding carboxylic acids is 1. The van der Waals surface area contributed by atoms with Crippen LogP contribution in [0.15, 0.2) is 131 Å². The molecule has 0 aromatic heterocycles. The molecular formula is C39H33BrF2N2O4. The number of hydrogen-bond acceptors (Lipinski definition) is 5. The number of carbonyl (C=O) groups is 1. The van der Waals surface area contributed by atoms with Gasteiger partial charge in [-0.05, 0) is 64.7 Å². The number of aliphatic hydroxyl groups excluding tert-OH is 1. The highest BCUT2D eigenvalue weighted by molar-refractivity contribution is 9.10. The number of benzene rings is 5. The van der Waals surface area contributed by atoms with E-state index < -0.39 is 29.2 Å². The Morgan fingerprint density at radius 2 is 1.48 bits per heavy atom. The van der Waals surface area contributed by atoms with Gasteiger partial charge < -0.3 is 19.9 Å². The van der Waals surface area contributed by atoms with Gasteiger partial charge in [-0.15, -0.1) is 0 Å². The molecule has 244 valence electrons. The summed E-state index contributed by atoms with van der Waals surface area (Å²) in [6, 6.07) is 36.0. The van der Waals surface area contributed by atoms with Crippen LogP contribution in [0.1, 0.15) is 34.8 Å². The molecule has 5 aromatic rings. The van der Waals surface area contributed by atoms with Crippen LogP contribution in [0.25, 0.3) is 11.1 Å². The van der Waals surface area contributed by atoms with E-state index in [-0.39, 0.29) is 31.0 Å². The van der Waals surface area contributed by atoms with E-state index in [1.165, 1.54) is 6.07 Å². The highest BCUT2D eigenvalue weighted by Crippen LogP contribution is 2.44. The highest BCUT2D eigenvalue weighted by Gasteiger charge is 2.53. The molecule has 2 atom stereocenters. The first-order valence-corrected chi connectivity index (χ1v) is 16.4. The lowest BCUT2D eigenvalue weighted by Crippen LogP contribution is -2.49. The smallest absolute Gasteiger partial charge is 0.252 e. The maximum absolute atomic E-state index is 14.6. The molecule has 48 heavy (non-hydrogen) atoms. The zero-order valence-electron chi connectivity index (χ0n) is 25.9. The predicted octanol–water partition coefficient (Wildman–Crippen LogP) is 7.97. The second-order valence-electron chi connectivity index (χ2n) is 11.4. The Morgan fingerprint density at radius 1 is 0.833 bits per heavy atom. The Labute approximate surface area is 286 Å². The second kappa shape index (κ2) is 14.9. The first kappa shape index (κ1) is 33.1. The van der Waals surface area contributed by atoms with E-state index >= 15 is 0 Å². The third kappa shape index (κ3) is 7.17. The van der Waals surface area contributed by atoms with Crippen LogP contribution in [0.2, 0.25) is 0 Å². The number of rotatable bonds is 12. The average Bonchev–Trinajstić information content (AvgIpc) is 3.50. The molecule has 0 unspecified atom stereocenters. The third-order valence-corrected chi connectivity index (χ3v) is 9.03. The molecule has 2 N–H and O–H groups in total. The molecule has 0 aliphatic carbocycles. The summed E-state index contributed by atoms with van der Waals surface area (Å²) in [4.78, 5) is 19.6. The zero-order valence-corrected chi connectivity index (χ0v) is 27.5. The van der Waals surface area contributed by atoms with Gasteiger partial charge in [-0.1, -0.05) is 94.8 Å². The van der Waals surface area contributed by atoms with E-state index in [1.54, 1.807) is 24.3 Å². The lowest BCUT2D eigenvalue weighted by Gasteiger charge is -2.31. The number of nitrogens with one attached hydrogen (secondary N) is 1. The van der Waals surface area contributed by atoms with Crippen LogP contribution in [0.4, 0.5) is 8.78 Å². The Hall–Kier alpha value is -4.86. The SMILES string of the molecule is O=C(NCc1c(F)cccc1F)[C@]1(Cc2ccccc2Br)N=C(c2ccc(OCCCO)cc2)O[C@@H]1c1ccc(-c2ccccc2)cc1. The predicted molar refractivity (Wildman–Crippen MR) is 185 cm³/mol. The standard InChI is InChI=1S/C39H33BrF2N2O4/c40-33-11-5-4-10-30(33)24-39(38(46)43-25-32-34(41)12-6-13-35(32)42)36(28-16-14-27(15-17-28)26-8-2-1-3-9-26)48-37(44-39)29-18-20-31(21-19-29)47-23-7-22-45/h1-6,8-21,36,45H,7,22-25H2,(H,43,46)/t36-,39-/m1/s1. The van der Waals surface area contributed by atoms with E-state index in [4.69, 9.17) is 19.6 Å². The van der Waals surface area contributed by atoms with E-state index in [1.807, 2.05) is 78.9 Å². The zero-order chi connectivity index (χ0) is 33.5. The summed E-state index contributed by atoms with van der Waals surface area (Å²) in [6.07, 6.45) is -0.265. The molecule has 0 fully saturated rings. The molecule has 6 rings (SSSR count). The van der Waals surface area contributed by atoms with Crippen molar-refractivity contribution in [1.82, 2.24) is 5.32 Å². The molecular weight excluding hydrogens is 678 g/mol. The molecule has 0 spiro atoms. The molecule has 0 radical (unpaired) electrons. The Morgan fingerprint density at radius 3 is 2.17 bits per heavy atom. The molecule has 1 aliphatic rings. The first-order chi connectivity index (χ1) is 23.4. The number of aliphatic hydroxyl groups is 1. The van der Waals surface area contributed by atoms with Gasteiger partial charge in [0, 0.05) is 41.6 Å². The molecule has 0 saturated carbocycles. The lowest BCUT2D eigenvalue weighted by molar-refractivity contribution is -0.129. The minimum Gasteiger partial charge on any atom is -0.494 e. The van der Waals surface area contributed by atoms with Gasteiger partial charge in [0.15, 0.2) is 11.6 Å². The monoisotopic (exact) mass is 710 g/mol. The maximum Gasteiger partial charge on any atom is 0.252 e. The van der Waals surface area contributed by atoms with Crippen LogP contribution in [0, 0.1) is 11.6 Å². The number of halogens is 3. The lowest BCUT2D eigenvalue weighted by atomic mass is 9.81. The quantitative estimate of drug-likeness (QED) is 0.129. The van der Waals surface area contributed by atoms with E-state index in [0.717, 1.165) is 33.3 Å². The van der Waals surface area contributed by atoms with Gasteiger partial charge in [0.25, 0.3) is 5.91 Å². The van der Waals surface area contributed by atoms with E-state index in [2.05, 4.69) is 21.2 Å². The minimum absolute atomic E-state index is 0.0294. The summed E-state index contributed by atoms with van der Waals surface area (Å²) in [5.74, 6) is -1.19. The first-order valence-electron chi connectivity index (χ1n) is 15.6. The summed E-state index contributed by atoms with van der Waals surface area (Å²) in [7, 11) is 0. The molecule has 1 heterocycles. The summed E-state index contributed by atoms with van der Waals surface area (Å²) < 4.78 is 42.4. The molecule has 9 heteroatoms. The van der Waals surface area contributed by atoms with Crippen molar-refractivity contribution in [3.8, 4) is 16.9 Å². The van der Waals surface area contributed by atoms with Crippen LogP contribution in [-0.4, -0.2) is 35.7 Å². The largest absolute Gasteiger partial charge is 0.494 e. The topological polar surface area (TPSA) is 80.2 Å². The van der Waals surface area contributed by atoms with Crippen molar-refractivity contribution in [3.05, 3.63) is 160 Å². The molecule has 0 saturated heterocycles. The van der Waals surface area contributed by atoms with E-state index in [9.17, 15) is 13.6 Å². The Kier molecular flexibility index (Phi) is 10.3. The molecule has 1 aliphatic heterocycles. The fourth-order valence-electron chi connectivity index (χ4n) is 5.72. The summed E-state index contributed by atoms with van der Waals surface area (Å²) in [6.45, 7) is 0.0211. The van der Waals surface area contributed by atoms with Gasteiger partial charge in [0.05, 0.1) is 6.61 Å². The molecule has 0 bridgehead atoms.